The lowest BCUT2D eigenvalue weighted by atomic mass is 9.87. The van der Waals surface area contributed by atoms with Gasteiger partial charge in [-0.15, -0.1) is 0 Å². The average Bonchev–Trinajstić information content (AvgIpc) is 2.95. The third kappa shape index (κ3) is 8.12. The maximum atomic E-state index is 13.0. The molecule has 0 saturated heterocycles. The first-order valence-corrected chi connectivity index (χ1v) is 17.1. The molecule has 8 heteroatoms. The van der Waals surface area contributed by atoms with E-state index in [4.69, 9.17) is 12.2 Å². The first-order valence-electron chi connectivity index (χ1n) is 15.2. The Morgan fingerprint density at radius 1 is 0.952 bits per heavy atom. The summed E-state index contributed by atoms with van der Waals surface area (Å²) < 4.78 is 29.5. The Morgan fingerprint density at radius 2 is 1.64 bits per heavy atom. The van der Waals surface area contributed by atoms with Crippen molar-refractivity contribution in [3.05, 3.63) is 89.5 Å². The van der Waals surface area contributed by atoms with Gasteiger partial charge in [0.15, 0.2) is 5.11 Å². The fourth-order valence-electron chi connectivity index (χ4n) is 6.39. The molecule has 6 nitrogen and oxygen atoms in total. The van der Waals surface area contributed by atoms with Crippen molar-refractivity contribution in [2.45, 2.75) is 88.7 Å². The van der Waals surface area contributed by atoms with Gasteiger partial charge in [-0.25, -0.2) is 8.42 Å². The van der Waals surface area contributed by atoms with E-state index in [1.165, 1.54) is 18.4 Å². The predicted octanol–water partition coefficient (Wildman–Crippen LogP) is 7.57. The standard InChI is InChI=1S/C34H46N4O2S2/c1-6-27(7-2)30-15-8-9-16-31(30)35-34(41)36-32-17-10-11-18-33(32)38(4,5)24-26-13-12-14-28(23-26)37-42(39,40)29-21-19-25(3)20-22-29/h8-9,12-16,19-23,27,32-33,37H,6-7,10-11,17-18,24H2,1-5H3,(H-,35,36,41)/p+1/t32-,33-/m1/s1. The first-order chi connectivity index (χ1) is 20.0. The van der Waals surface area contributed by atoms with Crippen LogP contribution in [0.25, 0.3) is 0 Å². The fraction of sp³-hybridized carbons (Fsp3) is 0.441. The summed E-state index contributed by atoms with van der Waals surface area (Å²) in [6.45, 7) is 7.20. The Hall–Kier alpha value is -2.94. The molecule has 0 bridgehead atoms. The zero-order chi connectivity index (χ0) is 30.3. The number of benzene rings is 3. The summed E-state index contributed by atoms with van der Waals surface area (Å²) in [6.07, 6.45) is 6.74. The molecule has 226 valence electrons. The van der Waals surface area contributed by atoms with Crippen molar-refractivity contribution >= 4 is 38.7 Å². The monoisotopic (exact) mass is 607 g/mol. The Morgan fingerprint density at radius 3 is 2.36 bits per heavy atom. The number of nitrogens with one attached hydrogen (secondary N) is 3. The number of hydrogen-bond donors (Lipinski definition) is 3. The van der Waals surface area contributed by atoms with Crippen LogP contribution >= 0.6 is 12.2 Å². The predicted molar refractivity (Wildman–Crippen MR) is 179 cm³/mol. The number of anilines is 2. The van der Waals surface area contributed by atoms with Crippen molar-refractivity contribution in [3.8, 4) is 0 Å². The van der Waals surface area contributed by atoms with Crippen LogP contribution in [0, 0.1) is 6.92 Å². The number of likely N-dealkylation sites (N-methyl/N-ethyl adjacent to an activating group) is 1. The Labute approximate surface area is 258 Å². The number of hydrogen-bond acceptors (Lipinski definition) is 3. The molecule has 1 aliphatic rings. The van der Waals surface area contributed by atoms with E-state index >= 15 is 0 Å². The van der Waals surface area contributed by atoms with Crippen molar-refractivity contribution < 1.29 is 12.9 Å². The van der Waals surface area contributed by atoms with Crippen molar-refractivity contribution in [2.75, 3.05) is 24.1 Å². The van der Waals surface area contributed by atoms with E-state index in [-0.39, 0.29) is 10.9 Å². The van der Waals surface area contributed by atoms with Crippen LogP contribution in [-0.4, -0.2) is 44.2 Å². The molecule has 3 aromatic carbocycles. The highest BCUT2D eigenvalue weighted by atomic mass is 32.2. The van der Waals surface area contributed by atoms with Gasteiger partial charge < -0.3 is 15.1 Å². The van der Waals surface area contributed by atoms with E-state index in [0.29, 0.717) is 22.8 Å². The molecule has 2 atom stereocenters. The molecule has 1 saturated carbocycles. The van der Waals surface area contributed by atoms with Crippen LogP contribution in [0.4, 0.5) is 11.4 Å². The molecule has 0 heterocycles. The van der Waals surface area contributed by atoms with Gasteiger partial charge in [-0.2, -0.15) is 0 Å². The van der Waals surface area contributed by atoms with Crippen LogP contribution in [-0.2, 0) is 16.6 Å². The van der Waals surface area contributed by atoms with E-state index in [0.717, 1.165) is 53.5 Å². The van der Waals surface area contributed by atoms with E-state index < -0.39 is 10.0 Å². The second kappa shape index (κ2) is 14.0. The molecule has 42 heavy (non-hydrogen) atoms. The maximum Gasteiger partial charge on any atom is 0.261 e. The van der Waals surface area contributed by atoms with E-state index in [1.807, 2.05) is 37.3 Å². The second-order valence-corrected chi connectivity index (χ2v) is 14.3. The van der Waals surface area contributed by atoms with Gasteiger partial charge in [0.1, 0.15) is 12.6 Å². The SMILES string of the molecule is CCC(CC)c1ccccc1NC(=S)N[C@@H]1CCCC[C@H]1[N+](C)(C)Cc1cccc(NS(=O)(=O)c2ccc(C)cc2)c1. The van der Waals surface area contributed by atoms with Crippen LogP contribution in [0.3, 0.4) is 0 Å². The minimum atomic E-state index is -3.66. The summed E-state index contributed by atoms with van der Waals surface area (Å²) in [4.78, 5) is 0.262. The zero-order valence-corrected chi connectivity index (χ0v) is 27.3. The van der Waals surface area contributed by atoms with Gasteiger partial charge in [0.25, 0.3) is 10.0 Å². The highest BCUT2D eigenvalue weighted by Crippen LogP contribution is 2.31. The van der Waals surface area contributed by atoms with E-state index in [2.05, 4.69) is 73.6 Å². The quantitative estimate of drug-likeness (QED) is 0.155. The molecule has 1 aliphatic carbocycles. The van der Waals surface area contributed by atoms with Gasteiger partial charge in [0.05, 0.1) is 25.0 Å². The summed E-state index contributed by atoms with van der Waals surface area (Å²) in [5.74, 6) is 0.506. The van der Waals surface area contributed by atoms with Crippen LogP contribution in [0.5, 0.6) is 0 Å². The minimum absolute atomic E-state index is 0.247. The summed E-state index contributed by atoms with van der Waals surface area (Å²) in [5, 5.41) is 7.89. The molecule has 0 aromatic heterocycles. The number of sulfonamides is 1. The number of nitrogens with zero attached hydrogens (tertiary/aromatic N) is 1. The smallest absolute Gasteiger partial charge is 0.261 e. The Bertz CT molecular complexity index is 1450. The fourth-order valence-corrected chi connectivity index (χ4v) is 7.70. The summed E-state index contributed by atoms with van der Waals surface area (Å²) in [6, 6.07) is 23.8. The van der Waals surface area contributed by atoms with Crippen LogP contribution < -0.4 is 15.4 Å². The van der Waals surface area contributed by atoms with Crippen LogP contribution in [0.1, 0.15) is 75.0 Å². The lowest BCUT2D eigenvalue weighted by molar-refractivity contribution is -0.930. The van der Waals surface area contributed by atoms with Crippen molar-refractivity contribution in [2.24, 2.45) is 0 Å². The van der Waals surface area contributed by atoms with Crippen molar-refractivity contribution in [1.82, 2.24) is 5.32 Å². The summed E-state index contributed by atoms with van der Waals surface area (Å²) in [7, 11) is 0.883. The molecule has 4 rings (SSSR count). The van der Waals surface area contributed by atoms with Crippen molar-refractivity contribution in [3.63, 3.8) is 0 Å². The van der Waals surface area contributed by atoms with Gasteiger partial charge in [-0.3, -0.25) is 4.72 Å². The highest BCUT2D eigenvalue weighted by Gasteiger charge is 2.38. The molecule has 0 aliphatic heterocycles. The molecular formula is C34H47N4O2S2+. The largest absolute Gasteiger partial charge is 0.354 e. The molecule has 0 radical (unpaired) electrons. The van der Waals surface area contributed by atoms with Crippen LogP contribution in [0.15, 0.2) is 77.7 Å². The van der Waals surface area contributed by atoms with Gasteiger partial charge in [-0.05, 0) is 86.6 Å². The van der Waals surface area contributed by atoms with E-state index in [1.54, 1.807) is 12.1 Å². The van der Waals surface area contributed by atoms with E-state index in [9.17, 15) is 8.42 Å². The van der Waals surface area contributed by atoms with Gasteiger partial charge >= 0.3 is 0 Å². The van der Waals surface area contributed by atoms with Crippen LogP contribution in [0.2, 0.25) is 0 Å². The molecule has 0 amide bonds. The van der Waals surface area contributed by atoms with Gasteiger partial charge in [-0.1, -0.05) is 68.3 Å². The molecule has 0 unspecified atom stereocenters. The maximum absolute atomic E-state index is 13.0. The first kappa shape index (κ1) is 32.0. The Kier molecular flexibility index (Phi) is 10.7. The minimum Gasteiger partial charge on any atom is -0.354 e. The lowest BCUT2D eigenvalue weighted by Gasteiger charge is -2.45. The lowest BCUT2D eigenvalue weighted by Crippen LogP contribution is -2.60. The topological polar surface area (TPSA) is 70.2 Å². The molecule has 0 spiro atoms. The van der Waals surface area contributed by atoms with Gasteiger partial charge in [0.2, 0.25) is 0 Å². The molecule has 3 N–H and O–H groups in total. The van der Waals surface area contributed by atoms with Crippen molar-refractivity contribution in [1.29, 1.82) is 0 Å². The molecule has 1 fully saturated rings. The van der Waals surface area contributed by atoms with Gasteiger partial charge in [0, 0.05) is 23.4 Å². The number of thiocarbonyl (C=S) groups is 1. The summed E-state index contributed by atoms with van der Waals surface area (Å²) in [5.41, 5.74) is 5.10. The average molecular weight is 608 g/mol. The molecule has 3 aromatic rings. The molecular weight excluding hydrogens is 561 g/mol. The zero-order valence-electron chi connectivity index (χ0n) is 25.7. The Balaban J connectivity index is 1.45. The number of para-hydroxylation sites is 1. The third-order valence-electron chi connectivity index (χ3n) is 8.68. The second-order valence-electron chi connectivity index (χ2n) is 12.2. The number of aryl methyl sites for hydroxylation is 1. The highest BCUT2D eigenvalue weighted by molar-refractivity contribution is 7.92. The number of rotatable bonds is 11. The summed E-state index contributed by atoms with van der Waals surface area (Å²) >= 11 is 5.86. The number of quaternary nitrogens is 1. The third-order valence-corrected chi connectivity index (χ3v) is 10.3. The normalized spacial score (nSPS) is 17.6.